The number of carbonyl (C=O) groups is 1. The van der Waals surface area contributed by atoms with Crippen molar-refractivity contribution in [3.63, 3.8) is 0 Å². The number of likely N-dealkylation sites (N-methyl/N-ethyl adjacent to an activating group) is 1. The Morgan fingerprint density at radius 1 is 1.27 bits per heavy atom. The van der Waals surface area contributed by atoms with E-state index in [1.54, 1.807) is 7.05 Å². The van der Waals surface area contributed by atoms with E-state index in [1.165, 1.54) is 31.2 Å². The van der Waals surface area contributed by atoms with Gasteiger partial charge in [0.25, 0.3) is 0 Å². The zero-order valence-corrected chi connectivity index (χ0v) is 12.8. The molecule has 0 unspecified atom stereocenters. The van der Waals surface area contributed by atoms with E-state index in [4.69, 9.17) is 19.4 Å². The number of aliphatic carboxylic acids is 1. The van der Waals surface area contributed by atoms with Crippen LogP contribution >= 0.6 is 0 Å². The molecule has 6 nitrogen and oxygen atoms in total. The SMILES string of the molecule is CNCC(=O)O.O=C=O.c1ccc(COC2CCCC2)cc1. The Kier molecular flexibility index (Phi) is 12.7. The Labute approximate surface area is 130 Å². The van der Waals surface area contributed by atoms with Crippen molar-refractivity contribution in [2.24, 2.45) is 0 Å². The second kappa shape index (κ2) is 13.9. The number of ether oxygens (including phenoxy) is 1. The van der Waals surface area contributed by atoms with Crippen molar-refractivity contribution in [3.8, 4) is 0 Å². The van der Waals surface area contributed by atoms with Crippen LogP contribution in [0, 0.1) is 0 Å². The van der Waals surface area contributed by atoms with Crippen LogP contribution in [0.5, 0.6) is 0 Å². The van der Waals surface area contributed by atoms with Gasteiger partial charge in [0, 0.05) is 0 Å². The molecule has 22 heavy (non-hydrogen) atoms. The normalized spacial score (nSPS) is 13.1. The van der Waals surface area contributed by atoms with E-state index in [1.807, 2.05) is 6.07 Å². The summed E-state index contributed by atoms with van der Waals surface area (Å²) >= 11 is 0. The molecule has 1 saturated carbocycles. The molecule has 1 fully saturated rings. The molecule has 1 aliphatic carbocycles. The fraction of sp³-hybridized carbons (Fsp3) is 0.500. The molecule has 0 radical (unpaired) electrons. The molecule has 2 N–H and O–H groups in total. The van der Waals surface area contributed by atoms with E-state index in [0.29, 0.717) is 6.10 Å². The number of nitrogens with one attached hydrogen (secondary N) is 1. The van der Waals surface area contributed by atoms with Gasteiger partial charge in [-0.25, -0.2) is 0 Å². The van der Waals surface area contributed by atoms with Crippen LogP contribution in [0.15, 0.2) is 30.3 Å². The molecule has 122 valence electrons. The fourth-order valence-electron chi connectivity index (χ4n) is 1.99. The van der Waals surface area contributed by atoms with Crippen LogP contribution in [0.2, 0.25) is 0 Å². The second-order valence-electron chi connectivity index (χ2n) is 4.71. The van der Waals surface area contributed by atoms with Gasteiger partial charge in [-0.05, 0) is 25.5 Å². The molecular formula is C16H23NO5. The van der Waals surface area contributed by atoms with Gasteiger partial charge < -0.3 is 15.2 Å². The van der Waals surface area contributed by atoms with Gasteiger partial charge in [-0.3, -0.25) is 4.79 Å². The predicted octanol–water partition coefficient (Wildman–Crippen LogP) is 1.85. The topological polar surface area (TPSA) is 92.7 Å². The third-order valence-electron chi connectivity index (χ3n) is 2.96. The lowest BCUT2D eigenvalue weighted by Gasteiger charge is -2.10. The second-order valence-corrected chi connectivity index (χ2v) is 4.71. The first-order valence-corrected chi connectivity index (χ1v) is 7.15. The van der Waals surface area contributed by atoms with Crippen molar-refractivity contribution in [1.29, 1.82) is 0 Å². The maximum absolute atomic E-state index is 9.54. The molecule has 0 aliphatic heterocycles. The molecule has 0 aromatic heterocycles. The van der Waals surface area contributed by atoms with Crippen LogP contribution in [0.1, 0.15) is 31.2 Å². The van der Waals surface area contributed by atoms with Crippen molar-refractivity contribution in [2.75, 3.05) is 13.6 Å². The first kappa shape index (κ1) is 20.0. The van der Waals surface area contributed by atoms with Crippen LogP contribution in [-0.2, 0) is 25.7 Å². The minimum absolute atomic E-state index is 0.0417. The highest BCUT2D eigenvalue weighted by Crippen LogP contribution is 2.21. The van der Waals surface area contributed by atoms with Crippen LogP contribution in [0.4, 0.5) is 0 Å². The molecule has 1 aliphatic rings. The van der Waals surface area contributed by atoms with E-state index in [0.717, 1.165) is 6.61 Å². The van der Waals surface area contributed by atoms with Gasteiger partial charge >= 0.3 is 12.1 Å². The number of hydrogen-bond acceptors (Lipinski definition) is 5. The molecule has 0 spiro atoms. The summed E-state index contributed by atoms with van der Waals surface area (Å²) in [5, 5.41) is 10.3. The molecular weight excluding hydrogens is 286 g/mol. The van der Waals surface area contributed by atoms with E-state index in [9.17, 15) is 4.79 Å². The molecule has 1 aromatic carbocycles. The molecule has 1 aromatic rings. The Hall–Kier alpha value is -2.01. The molecule has 0 amide bonds. The number of carboxylic acid groups (broad SMARTS) is 1. The van der Waals surface area contributed by atoms with Crippen molar-refractivity contribution >= 4 is 12.1 Å². The summed E-state index contributed by atoms with van der Waals surface area (Å²) in [6.45, 7) is 0.825. The molecule has 0 bridgehead atoms. The highest BCUT2D eigenvalue weighted by atomic mass is 16.5. The Morgan fingerprint density at radius 3 is 2.23 bits per heavy atom. The van der Waals surface area contributed by atoms with Crippen LogP contribution in [0.25, 0.3) is 0 Å². The van der Waals surface area contributed by atoms with E-state index < -0.39 is 5.97 Å². The zero-order valence-electron chi connectivity index (χ0n) is 12.8. The van der Waals surface area contributed by atoms with Gasteiger partial charge in [-0.2, -0.15) is 9.59 Å². The molecule has 0 heterocycles. The summed E-state index contributed by atoms with van der Waals surface area (Å²) in [7, 11) is 1.59. The maximum atomic E-state index is 9.54. The average Bonchev–Trinajstić information content (AvgIpc) is 3.01. The smallest absolute Gasteiger partial charge is 0.373 e. The Bertz CT molecular complexity index is 423. The highest BCUT2D eigenvalue weighted by Gasteiger charge is 2.14. The number of rotatable bonds is 5. The standard InChI is InChI=1S/C12H16O.C3H7NO2.CO2/c1-2-6-11(7-3-1)10-13-12-8-4-5-9-12;1-4-2-3(5)6;2-1-3/h1-3,6-7,12H,4-5,8-10H2;4H,2H2,1H3,(H,5,6);. The van der Waals surface area contributed by atoms with Crippen LogP contribution < -0.4 is 5.32 Å². The lowest BCUT2D eigenvalue weighted by Crippen LogP contribution is -2.16. The predicted molar refractivity (Wildman–Crippen MR) is 80.1 cm³/mol. The summed E-state index contributed by atoms with van der Waals surface area (Å²) in [6.07, 6.45) is 5.98. The lowest BCUT2D eigenvalue weighted by atomic mass is 10.2. The molecule has 6 heteroatoms. The maximum Gasteiger partial charge on any atom is 0.373 e. The molecule has 2 rings (SSSR count). The third-order valence-corrected chi connectivity index (χ3v) is 2.96. The van der Waals surface area contributed by atoms with Gasteiger partial charge in [0.1, 0.15) is 0 Å². The van der Waals surface area contributed by atoms with E-state index >= 15 is 0 Å². The van der Waals surface area contributed by atoms with Crippen molar-refractivity contribution in [2.45, 2.75) is 38.4 Å². The number of benzene rings is 1. The first-order chi connectivity index (χ1) is 10.6. The van der Waals surface area contributed by atoms with E-state index in [2.05, 4.69) is 29.6 Å². The number of hydrogen-bond donors (Lipinski definition) is 2. The third kappa shape index (κ3) is 11.8. The Balaban J connectivity index is 0.000000414. The number of carboxylic acids is 1. The van der Waals surface area contributed by atoms with Crippen molar-refractivity contribution in [3.05, 3.63) is 35.9 Å². The van der Waals surface area contributed by atoms with Crippen molar-refractivity contribution in [1.82, 2.24) is 5.32 Å². The Morgan fingerprint density at radius 2 is 1.82 bits per heavy atom. The monoisotopic (exact) mass is 309 g/mol. The van der Waals surface area contributed by atoms with Gasteiger partial charge in [-0.1, -0.05) is 43.2 Å². The molecule has 0 saturated heterocycles. The highest BCUT2D eigenvalue weighted by molar-refractivity contribution is 5.68. The average molecular weight is 309 g/mol. The fourth-order valence-corrected chi connectivity index (χ4v) is 1.99. The summed E-state index contributed by atoms with van der Waals surface area (Å²) in [5.74, 6) is -0.822. The first-order valence-electron chi connectivity index (χ1n) is 7.15. The summed E-state index contributed by atoms with van der Waals surface area (Å²) in [4.78, 5) is 25.8. The quantitative estimate of drug-likeness (QED) is 0.862. The summed E-state index contributed by atoms with van der Waals surface area (Å²) in [5.41, 5.74) is 1.29. The molecule has 0 atom stereocenters. The summed E-state index contributed by atoms with van der Waals surface area (Å²) in [6, 6.07) is 10.4. The zero-order chi connectivity index (χ0) is 16.6. The van der Waals surface area contributed by atoms with Gasteiger partial charge in [0.15, 0.2) is 0 Å². The van der Waals surface area contributed by atoms with E-state index in [-0.39, 0.29) is 12.7 Å². The minimum Gasteiger partial charge on any atom is -0.480 e. The minimum atomic E-state index is -0.822. The van der Waals surface area contributed by atoms with Gasteiger partial charge in [0.05, 0.1) is 19.3 Å². The summed E-state index contributed by atoms with van der Waals surface area (Å²) < 4.78 is 5.79. The largest absolute Gasteiger partial charge is 0.480 e. The lowest BCUT2D eigenvalue weighted by molar-refractivity contribution is -0.191. The van der Waals surface area contributed by atoms with Gasteiger partial charge in [0.2, 0.25) is 0 Å². The van der Waals surface area contributed by atoms with Crippen molar-refractivity contribution < 1.29 is 24.2 Å². The van der Waals surface area contributed by atoms with Gasteiger partial charge in [-0.15, -0.1) is 0 Å². The number of carbonyl (C=O) groups excluding carboxylic acids is 2. The van der Waals surface area contributed by atoms with Crippen LogP contribution in [-0.4, -0.2) is 36.9 Å². The van der Waals surface area contributed by atoms with Crippen LogP contribution in [0.3, 0.4) is 0 Å².